The first kappa shape index (κ1) is 8.19. The molecule has 0 aliphatic rings. The van der Waals surface area contributed by atoms with Crippen LogP contribution < -0.4 is 0 Å². The normalized spacial score (nSPS) is 10.2. The minimum atomic E-state index is 0.429. The fourth-order valence-corrected chi connectivity index (χ4v) is 1.13. The van der Waals surface area contributed by atoms with E-state index in [9.17, 15) is 0 Å². The summed E-state index contributed by atoms with van der Waals surface area (Å²) in [5.74, 6) is 0.957. The Morgan fingerprint density at radius 2 is 2.31 bits per heavy atom. The Balaban J connectivity index is 2.41. The van der Waals surface area contributed by atoms with Crippen LogP contribution in [0.1, 0.15) is 5.56 Å². The van der Waals surface area contributed by atoms with Crippen LogP contribution in [-0.4, -0.2) is 15.1 Å². The Hall–Kier alpha value is -1.42. The number of alkyl halides is 1. The lowest BCUT2D eigenvalue weighted by molar-refractivity contribution is 0.418. The number of hydrogen-bond donors (Lipinski definition) is 0. The molecular weight excluding hydrogens is 190 g/mol. The summed E-state index contributed by atoms with van der Waals surface area (Å²) in [6.45, 7) is 0. The van der Waals surface area contributed by atoms with Crippen molar-refractivity contribution in [2.24, 2.45) is 0 Å². The Morgan fingerprint density at radius 3 is 3.00 bits per heavy atom. The number of rotatable bonds is 2. The van der Waals surface area contributed by atoms with Gasteiger partial charge in [-0.25, -0.2) is 0 Å². The molecule has 2 heterocycles. The second kappa shape index (κ2) is 3.53. The van der Waals surface area contributed by atoms with Crippen molar-refractivity contribution in [2.45, 2.75) is 5.88 Å². The average Bonchev–Trinajstić information content (AvgIpc) is 2.71. The van der Waals surface area contributed by atoms with E-state index in [-0.39, 0.29) is 0 Å². The quantitative estimate of drug-likeness (QED) is 0.687. The summed E-state index contributed by atoms with van der Waals surface area (Å²) in [4.78, 5) is 7.91. The lowest BCUT2D eigenvalue weighted by atomic mass is 10.2. The van der Waals surface area contributed by atoms with Gasteiger partial charge in [0, 0.05) is 23.8 Å². The van der Waals surface area contributed by atoms with Crippen molar-refractivity contribution in [3.63, 3.8) is 0 Å². The fourth-order valence-electron chi connectivity index (χ4n) is 0.981. The maximum Gasteiger partial charge on any atom is 0.214 e. The topological polar surface area (TPSA) is 51.8 Å². The van der Waals surface area contributed by atoms with E-state index in [0.29, 0.717) is 11.7 Å². The fraction of sp³-hybridized carbons (Fsp3) is 0.125. The van der Waals surface area contributed by atoms with Crippen LogP contribution in [0, 0.1) is 0 Å². The standard InChI is InChI=1S/C8H6ClN3O/c9-2-6-1-7(4-10-3-6)8-11-5-13-12-8/h1,3-5H,2H2. The van der Waals surface area contributed by atoms with Gasteiger partial charge in [-0.05, 0) is 11.6 Å². The van der Waals surface area contributed by atoms with Gasteiger partial charge < -0.3 is 4.52 Å². The van der Waals surface area contributed by atoms with E-state index >= 15 is 0 Å². The molecule has 0 bridgehead atoms. The molecule has 0 amide bonds. The molecule has 13 heavy (non-hydrogen) atoms. The summed E-state index contributed by atoms with van der Waals surface area (Å²) >= 11 is 5.66. The smallest absolute Gasteiger partial charge is 0.214 e. The molecule has 2 rings (SSSR count). The lowest BCUT2D eigenvalue weighted by Crippen LogP contribution is -1.85. The van der Waals surface area contributed by atoms with Gasteiger partial charge in [-0.3, -0.25) is 4.98 Å². The number of halogens is 1. The molecule has 0 saturated heterocycles. The van der Waals surface area contributed by atoms with Crippen molar-refractivity contribution in [1.82, 2.24) is 15.1 Å². The zero-order chi connectivity index (χ0) is 9.10. The highest BCUT2D eigenvalue weighted by Gasteiger charge is 2.03. The Morgan fingerprint density at radius 1 is 1.38 bits per heavy atom. The molecule has 66 valence electrons. The van der Waals surface area contributed by atoms with Gasteiger partial charge in [-0.15, -0.1) is 11.6 Å². The van der Waals surface area contributed by atoms with Crippen LogP contribution in [0.2, 0.25) is 0 Å². The molecule has 0 aliphatic carbocycles. The summed E-state index contributed by atoms with van der Waals surface area (Å²) < 4.78 is 4.62. The van der Waals surface area contributed by atoms with Crippen molar-refractivity contribution >= 4 is 11.6 Å². The van der Waals surface area contributed by atoms with Gasteiger partial charge in [0.05, 0.1) is 0 Å². The van der Waals surface area contributed by atoms with E-state index in [1.54, 1.807) is 12.4 Å². The summed E-state index contributed by atoms with van der Waals surface area (Å²) in [7, 11) is 0. The van der Waals surface area contributed by atoms with Crippen molar-refractivity contribution in [3.05, 3.63) is 30.4 Å². The molecule has 2 aromatic rings. The SMILES string of the molecule is ClCc1cncc(-c2ncon2)c1. The molecule has 0 atom stereocenters. The number of hydrogen-bond acceptors (Lipinski definition) is 4. The van der Waals surface area contributed by atoms with E-state index in [2.05, 4.69) is 19.6 Å². The second-order valence-corrected chi connectivity index (χ2v) is 2.74. The predicted octanol–water partition coefficient (Wildman–Crippen LogP) is 1.87. The van der Waals surface area contributed by atoms with Gasteiger partial charge in [-0.1, -0.05) is 5.16 Å². The highest BCUT2D eigenvalue weighted by Crippen LogP contribution is 2.15. The van der Waals surface area contributed by atoms with E-state index in [1.165, 1.54) is 6.39 Å². The number of pyridine rings is 1. The Kier molecular flexibility index (Phi) is 2.23. The minimum Gasteiger partial charge on any atom is -0.342 e. The molecule has 4 nitrogen and oxygen atoms in total. The van der Waals surface area contributed by atoms with Gasteiger partial charge in [-0.2, -0.15) is 4.98 Å². The van der Waals surface area contributed by atoms with Crippen LogP contribution in [0.3, 0.4) is 0 Å². The first-order chi connectivity index (χ1) is 6.40. The first-order valence-electron chi connectivity index (χ1n) is 3.67. The lowest BCUT2D eigenvalue weighted by Gasteiger charge is -1.96. The summed E-state index contributed by atoms with van der Waals surface area (Å²) in [5.41, 5.74) is 1.75. The molecule has 0 saturated carbocycles. The molecule has 0 fully saturated rings. The van der Waals surface area contributed by atoms with Crippen molar-refractivity contribution < 1.29 is 4.52 Å². The van der Waals surface area contributed by atoms with Crippen LogP contribution in [0.25, 0.3) is 11.4 Å². The molecule has 0 N–H and O–H groups in total. The maximum atomic E-state index is 5.66. The van der Waals surface area contributed by atoms with E-state index in [0.717, 1.165) is 11.1 Å². The number of nitrogens with zero attached hydrogens (tertiary/aromatic N) is 3. The predicted molar refractivity (Wildman–Crippen MR) is 47.1 cm³/mol. The second-order valence-electron chi connectivity index (χ2n) is 2.47. The Labute approximate surface area is 79.6 Å². The van der Waals surface area contributed by atoms with Gasteiger partial charge >= 0.3 is 0 Å². The third-order valence-corrected chi connectivity index (χ3v) is 1.88. The molecule has 0 aliphatic heterocycles. The van der Waals surface area contributed by atoms with E-state index in [1.807, 2.05) is 6.07 Å². The van der Waals surface area contributed by atoms with Crippen LogP contribution in [-0.2, 0) is 5.88 Å². The molecular formula is C8H6ClN3O. The highest BCUT2D eigenvalue weighted by molar-refractivity contribution is 6.17. The molecule has 0 aromatic carbocycles. The largest absolute Gasteiger partial charge is 0.342 e. The van der Waals surface area contributed by atoms with Crippen molar-refractivity contribution in [1.29, 1.82) is 0 Å². The molecule has 0 spiro atoms. The van der Waals surface area contributed by atoms with Crippen molar-refractivity contribution in [3.8, 4) is 11.4 Å². The Bertz CT molecular complexity index is 388. The summed E-state index contributed by atoms with van der Waals surface area (Å²) in [5, 5.41) is 3.69. The van der Waals surface area contributed by atoms with Gasteiger partial charge in [0.1, 0.15) is 0 Å². The summed E-state index contributed by atoms with van der Waals surface area (Å²) in [6.07, 6.45) is 4.65. The van der Waals surface area contributed by atoms with E-state index < -0.39 is 0 Å². The molecule has 2 aromatic heterocycles. The van der Waals surface area contributed by atoms with Gasteiger partial charge in [0.25, 0.3) is 0 Å². The molecule has 0 radical (unpaired) electrons. The first-order valence-corrected chi connectivity index (χ1v) is 4.20. The number of aromatic nitrogens is 3. The van der Waals surface area contributed by atoms with Gasteiger partial charge in [0.15, 0.2) is 0 Å². The maximum absolute atomic E-state index is 5.66. The van der Waals surface area contributed by atoms with Crippen LogP contribution in [0.15, 0.2) is 29.4 Å². The monoisotopic (exact) mass is 195 g/mol. The minimum absolute atomic E-state index is 0.429. The third-order valence-electron chi connectivity index (χ3n) is 1.57. The zero-order valence-electron chi connectivity index (χ0n) is 6.64. The highest BCUT2D eigenvalue weighted by atomic mass is 35.5. The van der Waals surface area contributed by atoms with Crippen LogP contribution >= 0.6 is 11.6 Å². The molecule has 5 heteroatoms. The average molecular weight is 196 g/mol. The van der Waals surface area contributed by atoms with Gasteiger partial charge in [0.2, 0.25) is 12.2 Å². The van der Waals surface area contributed by atoms with E-state index in [4.69, 9.17) is 11.6 Å². The third kappa shape index (κ3) is 1.67. The molecule has 0 unspecified atom stereocenters. The summed E-state index contributed by atoms with van der Waals surface area (Å²) in [6, 6.07) is 1.88. The van der Waals surface area contributed by atoms with Crippen LogP contribution in [0.4, 0.5) is 0 Å². The van der Waals surface area contributed by atoms with Crippen molar-refractivity contribution in [2.75, 3.05) is 0 Å². The van der Waals surface area contributed by atoms with Crippen LogP contribution in [0.5, 0.6) is 0 Å². The zero-order valence-corrected chi connectivity index (χ0v) is 7.40.